The number of hydrogen-bond acceptors (Lipinski definition) is 3. The topological polar surface area (TPSA) is 35.5 Å². The van der Waals surface area contributed by atoms with Gasteiger partial charge in [0.1, 0.15) is 11.5 Å². The second kappa shape index (κ2) is 6.55. The Morgan fingerprint density at radius 1 is 0.667 bits per heavy atom. The maximum atomic E-state index is 6.48. The third kappa shape index (κ3) is 2.52. The van der Waals surface area contributed by atoms with Crippen molar-refractivity contribution < 1.29 is 13.6 Å². The van der Waals surface area contributed by atoms with Crippen LogP contribution in [0.15, 0.2) is 99.8 Å². The Hall–Kier alpha value is -3.92. The van der Waals surface area contributed by atoms with Gasteiger partial charge in [-0.05, 0) is 11.6 Å². The monoisotopic (exact) mass is 428 g/mol. The lowest BCUT2D eigenvalue weighted by atomic mass is 9.31. The summed E-state index contributed by atoms with van der Waals surface area (Å²) < 4.78 is 19.0. The summed E-state index contributed by atoms with van der Waals surface area (Å²) >= 11 is 0. The van der Waals surface area contributed by atoms with E-state index in [0.29, 0.717) is 11.9 Å². The molecule has 2 aliphatic rings. The molecular weight excluding hydrogens is 407 g/mol. The molecule has 0 saturated heterocycles. The fourth-order valence-electron chi connectivity index (χ4n) is 5.60. The Morgan fingerprint density at radius 2 is 1.33 bits per heavy atom. The summed E-state index contributed by atoms with van der Waals surface area (Å²) in [5.41, 5.74) is 7.79. The molecule has 3 aromatic carbocycles. The molecular formula is C29H21BO3. The van der Waals surface area contributed by atoms with E-state index < -0.39 is 0 Å². The highest BCUT2D eigenvalue weighted by atomic mass is 16.6. The molecule has 2 aliphatic heterocycles. The van der Waals surface area contributed by atoms with E-state index in [1.54, 1.807) is 0 Å². The van der Waals surface area contributed by atoms with E-state index in [2.05, 4.69) is 68.4 Å². The molecule has 0 amide bonds. The quantitative estimate of drug-likeness (QED) is 0.343. The van der Waals surface area contributed by atoms with Crippen LogP contribution in [0, 0.1) is 0 Å². The summed E-state index contributed by atoms with van der Waals surface area (Å²) in [5, 5.41) is 0. The van der Waals surface area contributed by atoms with E-state index in [4.69, 9.17) is 13.6 Å². The van der Waals surface area contributed by atoms with Crippen molar-refractivity contribution in [3.05, 3.63) is 102 Å². The maximum absolute atomic E-state index is 6.48. The van der Waals surface area contributed by atoms with Gasteiger partial charge < -0.3 is 13.6 Å². The minimum Gasteiger partial charge on any atom is -0.426 e. The van der Waals surface area contributed by atoms with Crippen LogP contribution in [-0.4, -0.2) is 6.71 Å². The van der Waals surface area contributed by atoms with Crippen molar-refractivity contribution in [2.24, 2.45) is 0 Å². The van der Waals surface area contributed by atoms with Crippen LogP contribution in [0.3, 0.4) is 0 Å². The first-order valence-corrected chi connectivity index (χ1v) is 11.3. The van der Waals surface area contributed by atoms with Gasteiger partial charge in [0.15, 0.2) is 0 Å². The minimum absolute atomic E-state index is 0.00500. The third-order valence-corrected chi connectivity index (χ3v) is 7.09. The van der Waals surface area contributed by atoms with Gasteiger partial charge in [0, 0.05) is 33.0 Å². The largest absolute Gasteiger partial charge is 0.426 e. The summed E-state index contributed by atoms with van der Waals surface area (Å²) in [4.78, 5) is 0. The zero-order valence-corrected chi connectivity index (χ0v) is 18.5. The first-order valence-electron chi connectivity index (χ1n) is 11.3. The first-order chi connectivity index (χ1) is 16.1. The van der Waals surface area contributed by atoms with Crippen LogP contribution in [-0.2, 0) is 5.41 Å². The summed E-state index contributed by atoms with van der Waals surface area (Å²) in [6.07, 6.45) is 0. The van der Waals surface area contributed by atoms with Gasteiger partial charge in [0.25, 0.3) is 18.6 Å². The molecule has 0 aliphatic carbocycles. The molecule has 4 heteroatoms. The van der Waals surface area contributed by atoms with Gasteiger partial charge >= 0.3 is 0 Å². The number of rotatable bonds is 2. The number of fused-ring (bicyclic) bond motifs is 4. The second-order valence-electron chi connectivity index (χ2n) is 9.34. The molecule has 0 atom stereocenters. The SMILES string of the molecule is CC1(C)c2ccccc2B2c3cc(-c4ccccc4)oc3Oc3oc(-c4ccccc4)c1c32. The van der Waals surface area contributed by atoms with Gasteiger partial charge in [-0.2, -0.15) is 0 Å². The Kier molecular flexibility index (Phi) is 3.70. The highest BCUT2D eigenvalue weighted by molar-refractivity contribution is 6.98. The molecule has 33 heavy (non-hydrogen) atoms. The van der Waals surface area contributed by atoms with Crippen LogP contribution in [0.5, 0.6) is 11.9 Å². The van der Waals surface area contributed by atoms with Crippen molar-refractivity contribution in [1.82, 2.24) is 0 Å². The van der Waals surface area contributed by atoms with Crippen LogP contribution in [0.1, 0.15) is 25.0 Å². The lowest BCUT2D eigenvalue weighted by Gasteiger charge is -2.37. The molecule has 158 valence electrons. The van der Waals surface area contributed by atoms with Crippen LogP contribution < -0.4 is 21.1 Å². The van der Waals surface area contributed by atoms with Crippen molar-refractivity contribution in [3.63, 3.8) is 0 Å². The molecule has 0 unspecified atom stereocenters. The maximum Gasteiger partial charge on any atom is 0.288 e. The summed E-state index contributed by atoms with van der Waals surface area (Å²) in [6, 6.07) is 31.3. The molecule has 3 nitrogen and oxygen atoms in total. The van der Waals surface area contributed by atoms with Gasteiger partial charge in [-0.1, -0.05) is 104 Å². The van der Waals surface area contributed by atoms with Crippen molar-refractivity contribution in [2.45, 2.75) is 19.3 Å². The fourth-order valence-corrected chi connectivity index (χ4v) is 5.60. The van der Waals surface area contributed by atoms with Crippen molar-refractivity contribution in [3.8, 4) is 34.5 Å². The highest BCUT2D eigenvalue weighted by Crippen LogP contribution is 2.46. The van der Waals surface area contributed by atoms with Gasteiger partial charge in [-0.25, -0.2) is 0 Å². The predicted molar refractivity (Wildman–Crippen MR) is 132 cm³/mol. The predicted octanol–water partition coefficient (Wildman–Crippen LogP) is 5.47. The van der Waals surface area contributed by atoms with Crippen LogP contribution in [0.25, 0.3) is 22.6 Å². The molecule has 4 heterocycles. The number of benzene rings is 3. The molecule has 0 radical (unpaired) electrons. The van der Waals surface area contributed by atoms with Crippen LogP contribution in [0.4, 0.5) is 0 Å². The highest BCUT2D eigenvalue weighted by Gasteiger charge is 2.50. The smallest absolute Gasteiger partial charge is 0.288 e. The summed E-state index contributed by atoms with van der Waals surface area (Å²) in [7, 11) is 0. The molecule has 0 spiro atoms. The second-order valence-corrected chi connectivity index (χ2v) is 9.34. The van der Waals surface area contributed by atoms with E-state index in [1.807, 2.05) is 36.4 Å². The van der Waals surface area contributed by atoms with E-state index in [1.165, 1.54) is 16.6 Å². The first kappa shape index (κ1) is 18.6. The van der Waals surface area contributed by atoms with Crippen molar-refractivity contribution in [1.29, 1.82) is 0 Å². The average Bonchev–Trinajstić information content (AvgIpc) is 3.45. The molecule has 0 N–H and O–H groups in total. The normalized spacial score (nSPS) is 14.8. The molecule has 7 rings (SSSR count). The zero-order valence-electron chi connectivity index (χ0n) is 18.5. The van der Waals surface area contributed by atoms with Crippen LogP contribution >= 0.6 is 0 Å². The summed E-state index contributed by atoms with van der Waals surface area (Å²) in [5.74, 6) is 2.73. The summed E-state index contributed by atoms with van der Waals surface area (Å²) in [6.45, 7) is 4.56. The van der Waals surface area contributed by atoms with E-state index >= 15 is 0 Å². The Labute approximate surface area is 192 Å². The Bertz CT molecular complexity index is 1510. The third-order valence-electron chi connectivity index (χ3n) is 7.09. The lowest BCUT2D eigenvalue weighted by molar-refractivity contribution is 0.289. The molecule has 2 aromatic heterocycles. The molecule has 0 bridgehead atoms. The lowest BCUT2D eigenvalue weighted by Crippen LogP contribution is -2.61. The number of hydrogen-bond donors (Lipinski definition) is 0. The van der Waals surface area contributed by atoms with Gasteiger partial charge in [0.05, 0.1) is 0 Å². The average molecular weight is 428 g/mol. The van der Waals surface area contributed by atoms with E-state index in [9.17, 15) is 0 Å². The number of ether oxygens (including phenoxy) is 1. The van der Waals surface area contributed by atoms with Crippen molar-refractivity contribution in [2.75, 3.05) is 0 Å². The molecule has 0 fully saturated rings. The Balaban J connectivity index is 1.52. The number of furan rings is 2. The molecule has 0 saturated carbocycles. The van der Waals surface area contributed by atoms with E-state index in [0.717, 1.165) is 33.6 Å². The van der Waals surface area contributed by atoms with Gasteiger partial charge in [-0.15, -0.1) is 0 Å². The van der Waals surface area contributed by atoms with Gasteiger partial charge in [0.2, 0.25) is 0 Å². The van der Waals surface area contributed by atoms with Crippen LogP contribution in [0.2, 0.25) is 0 Å². The Morgan fingerprint density at radius 3 is 2.09 bits per heavy atom. The minimum atomic E-state index is -0.234. The van der Waals surface area contributed by atoms with Gasteiger partial charge in [-0.3, -0.25) is 0 Å². The standard InChI is InChI=1S/C29H21BO3/c1-29(2)20-15-9-10-16-21(20)30-22-17-23(18-11-5-3-6-12-18)31-27(22)33-28-25(30)24(29)26(32-28)19-13-7-4-8-14-19/h3-17H,1-2H3. The fraction of sp³-hybridized carbons (Fsp3) is 0.103. The van der Waals surface area contributed by atoms with Crippen molar-refractivity contribution >= 4 is 23.1 Å². The molecule has 5 aromatic rings. The zero-order chi connectivity index (χ0) is 22.2. The van der Waals surface area contributed by atoms with E-state index in [-0.39, 0.29) is 12.1 Å².